The summed E-state index contributed by atoms with van der Waals surface area (Å²) in [6.07, 6.45) is 0.871. The fraction of sp³-hybridized carbons (Fsp3) is 0.583. The van der Waals surface area contributed by atoms with Crippen LogP contribution in [-0.2, 0) is 4.79 Å². The van der Waals surface area contributed by atoms with Gasteiger partial charge in [-0.15, -0.1) is 0 Å². The summed E-state index contributed by atoms with van der Waals surface area (Å²) in [5.74, 6) is -0.310. The normalized spacial score (nSPS) is 14.8. The molecule has 0 aliphatic carbocycles. The predicted octanol–water partition coefficient (Wildman–Crippen LogP) is 1.33. The molecule has 1 aromatic heterocycles. The van der Waals surface area contributed by atoms with E-state index >= 15 is 0 Å². The van der Waals surface area contributed by atoms with Crippen molar-refractivity contribution in [2.45, 2.75) is 32.4 Å². The highest BCUT2D eigenvalue weighted by Crippen LogP contribution is 2.26. The molecule has 0 aliphatic rings. The molecule has 1 amide bonds. The first-order valence-electron chi connectivity index (χ1n) is 5.90. The van der Waals surface area contributed by atoms with Gasteiger partial charge in [-0.3, -0.25) is 9.69 Å². The molecule has 0 spiro atoms. The van der Waals surface area contributed by atoms with E-state index in [1.54, 1.807) is 11.3 Å². The third-order valence-electron chi connectivity index (χ3n) is 2.92. The maximum Gasteiger partial charge on any atom is 0.231 e. The Morgan fingerprint density at radius 3 is 2.65 bits per heavy atom. The molecule has 5 heteroatoms. The number of carbonyl (C=O) groups is 1. The lowest BCUT2D eigenvalue weighted by Gasteiger charge is -2.33. The maximum absolute atomic E-state index is 11.1. The summed E-state index contributed by atoms with van der Waals surface area (Å²) >= 11 is 1.64. The third kappa shape index (κ3) is 3.80. The van der Waals surface area contributed by atoms with Crippen molar-refractivity contribution in [3.05, 3.63) is 22.4 Å². The zero-order valence-electron chi connectivity index (χ0n) is 10.4. The molecular weight excluding hydrogens is 234 g/mol. The number of nitrogens with zero attached hydrogens (tertiary/aromatic N) is 1. The Kier molecular flexibility index (Phi) is 5.61. The number of likely N-dealkylation sites (N-methyl/N-ethyl adjacent to an activating group) is 1. The first-order valence-corrected chi connectivity index (χ1v) is 6.84. The molecule has 1 aromatic rings. The number of carbonyl (C=O) groups excluding carboxylic acids is 1. The largest absolute Gasteiger partial charge is 0.369 e. The highest BCUT2D eigenvalue weighted by molar-refractivity contribution is 7.07. The number of rotatable bonds is 7. The first-order chi connectivity index (χ1) is 8.10. The van der Waals surface area contributed by atoms with Crippen LogP contribution in [0.1, 0.15) is 31.9 Å². The smallest absolute Gasteiger partial charge is 0.231 e. The summed E-state index contributed by atoms with van der Waals surface area (Å²) in [6, 6.07) is 2.15. The van der Waals surface area contributed by atoms with E-state index in [2.05, 4.69) is 18.4 Å². The van der Waals surface area contributed by atoms with Crippen molar-refractivity contribution >= 4 is 17.2 Å². The summed E-state index contributed by atoms with van der Waals surface area (Å²) in [4.78, 5) is 13.1. The zero-order valence-corrected chi connectivity index (χ0v) is 11.2. The monoisotopic (exact) mass is 255 g/mol. The summed E-state index contributed by atoms with van der Waals surface area (Å²) in [6.45, 7) is 5.09. The van der Waals surface area contributed by atoms with E-state index in [4.69, 9.17) is 11.5 Å². The third-order valence-corrected chi connectivity index (χ3v) is 3.62. The molecule has 0 bridgehead atoms. The van der Waals surface area contributed by atoms with Gasteiger partial charge in [0, 0.05) is 6.04 Å². The summed E-state index contributed by atoms with van der Waals surface area (Å²) in [7, 11) is 0. The fourth-order valence-electron chi connectivity index (χ4n) is 2.00. The van der Waals surface area contributed by atoms with E-state index in [0.29, 0.717) is 0 Å². The van der Waals surface area contributed by atoms with Crippen LogP contribution < -0.4 is 11.5 Å². The number of primary amides is 1. The van der Waals surface area contributed by atoms with Crippen LogP contribution in [0.25, 0.3) is 0 Å². The van der Waals surface area contributed by atoms with E-state index in [0.717, 1.165) is 13.0 Å². The van der Waals surface area contributed by atoms with Gasteiger partial charge in [0.1, 0.15) is 0 Å². The molecule has 0 saturated heterocycles. The zero-order chi connectivity index (χ0) is 12.8. The van der Waals surface area contributed by atoms with Crippen molar-refractivity contribution in [2.24, 2.45) is 11.5 Å². The quantitative estimate of drug-likeness (QED) is 0.772. The van der Waals surface area contributed by atoms with Gasteiger partial charge >= 0.3 is 0 Å². The molecule has 0 saturated carbocycles. The van der Waals surface area contributed by atoms with Crippen LogP contribution in [0.4, 0.5) is 0 Å². The molecular formula is C12H21N3OS. The van der Waals surface area contributed by atoms with Gasteiger partial charge in [0.25, 0.3) is 0 Å². The van der Waals surface area contributed by atoms with Gasteiger partial charge in [-0.25, -0.2) is 0 Å². The van der Waals surface area contributed by atoms with Crippen molar-refractivity contribution in [2.75, 3.05) is 13.1 Å². The van der Waals surface area contributed by atoms with Gasteiger partial charge in [0.05, 0.1) is 12.6 Å². The second-order valence-electron chi connectivity index (χ2n) is 4.10. The Labute approximate surface area is 107 Å². The highest BCUT2D eigenvalue weighted by Gasteiger charge is 2.25. The molecule has 4 nitrogen and oxygen atoms in total. The van der Waals surface area contributed by atoms with Gasteiger partial charge in [0.15, 0.2) is 0 Å². The fourth-order valence-corrected chi connectivity index (χ4v) is 2.69. The average Bonchev–Trinajstić information content (AvgIpc) is 2.80. The Morgan fingerprint density at radius 1 is 1.53 bits per heavy atom. The van der Waals surface area contributed by atoms with Crippen LogP contribution in [0.5, 0.6) is 0 Å². The molecule has 96 valence electrons. The van der Waals surface area contributed by atoms with Gasteiger partial charge < -0.3 is 11.5 Å². The standard InChI is InChI=1S/C12H21N3OS/c1-3-10(13)12(9-5-6-17-8-9)15(4-2)7-11(14)16/h5-6,8,10,12H,3-4,7,13H2,1-2H3,(H2,14,16). The summed E-state index contributed by atoms with van der Waals surface area (Å²) < 4.78 is 0. The van der Waals surface area contributed by atoms with Gasteiger partial charge in [0.2, 0.25) is 5.91 Å². The molecule has 1 rings (SSSR count). The van der Waals surface area contributed by atoms with E-state index in [9.17, 15) is 4.79 Å². The van der Waals surface area contributed by atoms with Gasteiger partial charge in [-0.2, -0.15) is 11.3 Å². The number of hydrogen-bond donors (Lipinski definition) is 2. The van der Waals surface area contributed by atoms with Crippen molar-refractivity contribution in [1.29, 1.82) is 0 Å². The lowest BCUT2D eigenvalue weighted by Crippen LogP contribution is -2.44. The minimum absolute atomic E-state index is 0.0175. The molecule has 2 atom stereocenters. The Bertz CT molecular complexity index is 340. The Morgan fingerprint density at radius 2 is 2.24 bits per heavy atom. The van der Waals surface area contributed by atoms with Gasteiger partial charge in [-0.05, 0) is 35.4 Å². The van der Waals surface area contributed by atoms with E-state index in [1.165, 1.54) is 5.56 Å². The highest BCUT2D eigenvalue weighted by atomic mass is 32.1. The molecule has 0 fully saturated rings. The van der Waals surface area contributed by atoms with Crippen molar-refractivity contribution in [1.82, 2.24) is 4.90 Å². The Balaban J connectivity index is 2.92. The minimum Gasteiger partial charge on any atom is -0.369 e. The van der Waals surface area contributed by atoms with E-state index in [-0.39, 0.29) is 24.5 Å². The van der Waals surface area contributed by atoms with Crippen LogP contribution in [0.3, 0.4) is 0 Å². The minimum atomic E-state index is -0.310. The van der Waals surface area contributed by atoms with E-state index < -0.39 is 0 Å². The second kappa shape index (κ2) is 6.74. The van der Waals surface area contributed by atoms with Crippen molar-refractivity contribution in [3.63, 3.8) is 0 Å². The average molecular weight is 255 g/mol. The maximum atomic E-state index is 11.1. The molecule has 0 radical (unpaired) electrons. The van der Waals surface area contributed by atoms with Crippen LogP contribution in [0.15, 0.2) is 16.8 Å². The lowest BCUT2D eigenvalue weighted by molar-refractivity contribution is -0.119. The van der Waals surface area contributed by atoms with Crippen molar-refractivity contribution < 1.29 is 4.79 Å². The van der Waals surface area contributed by atoms with Crippen LogP contribution >= 0.6 is 11.3 Å². The summed E-state index contributed by atoms with van der Waals surface area (Å²) in [5.41, 5.74) is 12.6. The van der Waals surface area contributed by atoms with E-state index in [1.807, 2.05) is 17.2 Å². The molecule has 2 unspecified atom stereocenters. The predicted molar refractivity (Wildman–Crippen MR) is 71.8 cm³/mol. The molecule has 4 N–H and O–H groups in total. The molecule has 1 heterocycles. The molecule has 17 heavy (non-hydrogen) atoms. The number of thiophene rings is 1. The van der Waals surface area contributed by atoms with Gasteiger partial charge in [-0.1, -0.05) is 13.8 Å². The number of nitrogens with two attached hydrogens (primary N) is 2. The first kappa shape index (κ1) is 14.2. The molecule has 0 aliphatic heterocycles. The van der Waals surface area contributed by atoms with Crippen LogP contribution in [0, 0.1) is 0 Å². The molecule has 0 aromatic carbocycles. The van der Waals surface area contributed by atoms with Crippen LogP contribution in [-0.4, -0.2) is 29.9 Å². The Hall–Kier alpha value is -0.910. The summed E-state index contributed by atoms with van der Waals surface area (Å²) in [5, 5.41) is 4.12. The number of hydrogen-bond acceptors (Lipinski definition) is 4. The lowest BCUT2D eigenvalue weighted by atomic mass is 9.98. The van der Waals surface area contributed by atoms with Crippen LogP contribution in [0.2, 0.25) is 0 Å². The second-order valence-corrected chi connectivity index (χ2v) is 4.88. The SMILES string of the molecule is CCC(N)C(c1ccsc1)N(CC)CC(N)=O. The van der Waals surface area contributed by atoms with Crippen molar-refractivity contribution in [3.8, 4) is 0 Å². The topological polar surface area (TPSA) is 72.3 Å². The number of amides is 1.